The van der Waals surface area contributed by atoms with Crippen LogP contribution in [0.3, 0.4) is 0 Å². The summed E-state index contributed by atoms with van der Waals surface area (Å²) in [5.41, 5.74) is 7.20. The molecule has 0 spiro atoms. The van der Waals surface area contributed by atoms with Gasteiger partial charge < -0.3 is 10.1 Å². The van der Waals surface area contributed by atoms with E-state index < -0.39 is 0 Å². The van der Waals surface area contributed by atoms with Crippen LogP contribution in [0.15, 0.2) is 12.1 Å². The lowest BCUT2D eigenvalue weighted by Crippen LogP contribution is -2.26. The van der Waals surface area contributed by atoms with Crippen LogP contribution in [0.1, 0.15) is 74.9 Å². The van der Waals surface area contributed by atoms with E-state index >= 15 is 0 Å². The standard InChI is InChI=1S/C26H35N3O/c1-4-21-25(20-14-18-8-6-7-9-19(18)15-23(20)30-3)27-22(5-2)26(28-21)29-24(16-10-11-16)17-12-13-17/h14-17,24H,4-13H2,1-3H3,(H,28,29). The molecule has 2 fully saturated rings. The maximum Gasteiger partial charge on any atom is 0.148 e. The number of nitrogens with one attached hydrogen (secondary N) is 1. The Morgan fingerprint density at radius 1 is 0.933 bits per heavy atom. The Bertz CT molecular complexity index is 918. The Morgan fingerprint density at radius 2 is 1.57 bits per heavy atom. The number of rotatable bonds is 8. The molecule has 1 heterocycles. The molecule has 3 aliphatic carbocycles. The number of aromatic nitrogens is 2. The molecule has 0 unspecified atom stereocenters. The van der Waals surface area contributed by atoms with Crippen molar-refractivity contribution in [2.75, 3.05) is 12.4 Å². The Hall–Kier alpha value is -2.10. The van der Waals surface area contributed by atoms with Gasteiger partial charge in [0.15, 0.2) is 0 Å². The van der Waals surface area contributed by atoms with Crippen LogP contribution >= 0.6 is 0 Å². The quantitative estimate of drug-likeness (QED) is 0.607. The molecule has 5 rings (SSSR count). The lowest BCUT2D eigenvalue weighted by Gasteiger charge is -2.23. The van der Waals surface area contributed by atoms with E-state index in [1.54, 1.807) is 7.11 Å². The lowest BCUT2D eigenvalue weighted by atomic mass is 9.89. The molecule has 0 saturated heterocycles. The van der Waals surface area contributed by atoms with Gasteiger partial charge in [0.2, 0.25) is 0 Å². The highest BCUT2D eigenvalue weighted by molar-refractivity contribution is 5.72. The number of hydrogen-bond acceptors (Lipinski definition) is 4. The third kappa shape index (κ3) is 3.81. The maximum absolute atomic E-state index is 5.83. The van der Waals surface area contributed by atoms with Crippen LogP contribution in [0.5, 0.6) is 5.75 Å². The van der Waals surface area contributed by atoms with Crippen molar-refractivity contribution in [3.63, 3.8) is 0 Å². The topological polar surface area (TPSA) is 47.0 Å². The second-order valence-electron chi connectivity index (χ2n) is 9.39. The van der Waals surface area contributed by atoms with Crippen molar-refractivity contribution in [3.8, 4) is 17.0 Å². The molecule has 1 aromatic carbocycles. The largest absolute Gasteiger partial charge is 0.496 e. The van der Waals surface area contributed by atoms with Crippen molar-refractivity contribution in [2.45, 2.75) is 84.1 Å². The summed E-state index contributed by atoms with van der Waals surface area (Å²) in [7, 11) is 1.78. The summed E-state index contributed by atoms with van der Waals surface area (Å²) in [4.78, 5) is 10.4. The van der Waals surface area contributed by atoms with E-state index in [4.69, 9.17) is 14.7 Å². The third-order valence-corrected chi connectivity index (χ3v) is 7.19. The molecule has 2 aromatic rings. The van der Waals surface area contributed by atoms with Crippen molar-refractivity contribution < 1.29 is 4.74 Å². The minimum atomic E-state index is 0.596. The van der Waals surface area contributed by atoms with Gasteiger partial charge in [-0.25, -0.2) is 9.97 Å². The van der Waals surface area contributed by atoms with Crippen molar-refractivity contribution in [3.05, 3.63) is 34.6 Å². The molecule has 4 nitrogen and oxygen atoms in total. The normalized spacial score (nSPS) is 18.4. The van der Waals surface area contributed by atoms with Gasteiger partial charge in [-0.1, -0.05) is 13.8 Å². The molecule has 30 heavy (non-hydrogen) atoms. The minimum Gasteiger partial charge on any atom is -0.496 e. The first-order valence-electron chi connectivity index (χ1n) is 12.1. The lowest BCUT2D eigenvalue weighted by molar-refractivity contribution is 0.415. The van der Waals surface area contributed by atoms with Crippen LogP contribution in [0, 0.1) is 11.8 Å². The van der Waals surface area contributed by atoms with Crippen LogP contribution in [-0.4, -0.2) is 23.1 Å². The number of fused-ring (bicyclic) bond motifs is 1. The van der Waals surface area contributed by atoms with E-state index in [-0.39, 0.29) is 0 Å². The van der Waals surface area contributed by atoms with E-state index in [1.165, 1.54) is 49.7 Å². The zero-order valence-corrected chi connectivity index (χ0v) is 18.8. The van der Waals surface area contributed by atoms with Crippen molar-refractivity contribution in [1.29, 1.82) is 0 Å². The molecule has 0 radical (unpaired) electrons. The van der Waals surface area contributed by atoms with Crippen molar-refractivity contribution in [1.82, 2.24) is 9.97 Å². The molecule has 3 aliphatic rings. The van der Waals surface area contributed by atoms with Crippen molar-refractivity contribution >= 4 is 5.82 Å². The first-order chi connectivity index (χ1) is 14.7. The van der Waals surface area contributed by atoms with Crippen LogP contribution in [-0.2, 0) is 25.7 Å². The number of anilines is 1. The zero-order valence-electron chi connectivity index (χ0n) is 18.8. The molecule has 1 aromatic heterocycles. The maximum atomic E-state index is 5.83. The SMILES string of the molecule is CCc1nc(-c2cc3c(cc2OC)CCCC3)c(CC)nc1NC(C1CC1)C1CC1. The molecular weight excluding hydrogens is 370 g/mol. The highest BCUT2D eigenvalue weighted by Gasteiger charge is 2.42. The van der Waals surface area contributed by atoms with E-state index in [1.807, 2.05) is 0 Å². The average molecular weight is 406 g/mol. The van der Waals surface area contributed by atoms with Crippen LogP contribution < -0.4 is 10.1 Å². The fraction of sp³-hybridized carbons (Fsp3) is 0.615. The second kappa shape index (κ2) is 8.20. The van der Waals surface area contributed by atoms with E-state index in [0.29, 0.717) is 6.04 Å². The van der Waals surface area contributed by atoms with E-state index in [2.05, 4.69) is 31.3 Å². The summed E-state index contributed by atoms with van der Waals surface area (Å²) >= 11 is 0. The summed E-state index contributed by atoms with van der Waals surface area (Å²) in [5.74, 6) is 3.65. The molecule has 0 aliphatic heterocycles. The first kappa shape index (κ1) is 19.8. The van der Waals surface area contributed by atoms with Crippen LogP contribution in [0.25, 0.3) is 11.3 Å². The van der Waals surface area contributed by atoms with Crippen LogP contribution in [0.2, 0.25) is 0 Å². The average Bonchev–Trinajstić information content (AvgIpc) is 3.70. The smallest absolute Gasteiger partial charge is 0.148 e. The zero-order chi connectivity index (χ0) is 20.7. The number of ether oxygens (including phenoxy) is 1. The summed E-state index contributed by atoms with van der Waals surface area (Å²) in [6.07, 6.45) is 12.1. The fourth-order valence-corrected chi connectivity index (χ4v) is 5.14. The number of benzene rings is 1. The molecule has 160 valence electrons. The highest BCUT2D eigenvalue weighted by Crippen LogP contribution is 2.46. The molecule has 2 saturated carbocycles. The summed E-state index contributed by atoms with van der Waals surface area (Å²) < 4.78 is 5.83. The highest BCUT2D eigenvalue weighted by atomic mass is 16.5. The number of methoxy groups -OCH3 is 1. The predicted octanol–water partition coefficient (Wildman–Crippen LogP) is 5.76. The summed E-state index contributed by atoms with van der Waals surface area (Å²) in [6.45, 7) is 4.38. The van der Waals surface area contributed by atoms with Crippen LogP contribution in [0.4, 0.5) is 5.82 Å². The Morgan fingerprint density at radius 3 is 2.13 bits per heavy atom. The molecule has 0 bridgehead atoms. The van der Waals surface area contributed by atoms with Gasteiger partial charge in [0.1, 0.15) is 11.6 Å². The molecule has 4 heteroatoms. The second-order valence-corrected chi connectivity index (χ2v) is 9.39. The Balaban J connectivity index is 1.55. The summed E-state index contributed by atoms with van der Waals surface area (Å²) in [5, 5.41) is 3.85. The molecule has 1 N–H and O–H groups in total. The van der Waals surface area contributed by atoms with Crippen molar-refractivity contribution in [2.24, 2.45) is 11.8 Å². The Labute approximate surface area is 180 Å². The first-order valence-corrected chi connectivity index (χ1v) is 12.1. The number of aryl methyl sites for hydroxylation is 4. The van der Waals surface area contributed by atoms with Gasteiger partial charge in [-0.2, -0.15) is 0 Å². The van der Waals surface area contributed by atoms with Gasteiger partial charge in [-0.15, -0.1) is 0 Å². The number of hydrogen-bond donors (Lipinski definition) is 1. The Kier molecular flexibility index (Phi) is 5.43. The van der Waals surface area contributed by atoms with E-state index in [0.717, 1.165) is 71.7 Å². The molecule has 0 amide bonds. The van der Waals surface area contributed by atoms with Gasteiger partial charge in [0.05, 0.1) is 24.2 Å². The minimum absolute atomic E-state index is 0.596. The van der Waals surface area contributed by atoms with Gasteiger partial charge in [-0.05, 0) is 99.3 Å². The number of nitrogens with zero attached hydrogens (tertiary/aromatic N) is 2. The predicted molar refractivity (Wildman–Crippen MR) is 122 cm³/mol. The monoisotopic (exact) mass is 405 g/mol. The third-order valence-electron chi connectivity index (χ3n) is 7.19. The van der Waals surface area contributed by atoms with E-state index in [9.17, 15) is 0 Å². The molecular formula is C26H35N3O. The van der Waals surface area contributed by atoms with Gasteiger partial charge in [0, 0.05) is 11.6 Å². The van der Waals surface area contributed by atoms with Gasteiger partial charge in [-0.3, -0.25) is 0 Å². The van der Waals surface area contributed by atoms with Gasteiger partial charge >= 0.3 is 0 Å². The molecule has 0 atom stereocenters. The van der Waals surface area contributed by atoms with Gasteiger partial charge in [0.25, 0.3) is 0 Å². The fourth-order valence-electron chi connectivity index (χ4n) is 5.14. The summed E-state index contributed by atoms with van der Waals surface area (Å²) in [6, 6.07) is 5.18.